The topological polar surface area (TPSA) is 149 Å². The summed E-state index contributed by atoms with van der Waals surface area (Å²) in [4.78, 5) is 31.3. The Labute approximate surface area is 246 Å². The Kier molecular flexibility index (Phi) is 8.13. The number of pyridine rings is 1. The van der Waals surface area contributed by atoms with Crippen molar-refractivity contribution in [1.29, 1.82) is 5.26 Å². The van der Waals surface area contributed by atoms with Gasteiger partial charge in [0.15, 0.2) is 11.6 Å². The van der Waals surface area contributed by atoms with Gasteiger partial charge in [-0.15, -0.1) is 0 Å². The van der Waals surface area contributed by atoms with E-state index in [0.29, 0.717) is 54.2 Å². The number of piperidine rings is 1. The van der Waals surface area contributed by atoms with Crippen LogP contribution in [-0.2, 0) is 24.4 Å². The molecule has 12 nitrogen and oxygen atoms in total. The quantitative estimate of drug-likeness (QED) is 0.289. The van der Waals surface area contributed by atoms with Crippen molar-refractivity contribution in [3.8, 4) is 17.8 Å². The van der Waals surface area contributed by atoms with Gasteiger partial charge in [-0.3, -0.25) is 4.90 Å². The molecule has 2 saturated heterocycles. The van der Waals surface area contributed by atoms with Gasteiger partial charge < -0.3 is 23.9 Å². The third-order valence-electron chi connectivity index (χ3n) is 7.81. The van der Waals surface area contributed by atoms with Gasteiger partial charge in [-0.25, -0.2) is 24.1 Å². The lowest BCUT2D eigenvalue weighted by atomic mass is 10.0. The summed E-state index contributed by atoms with van der Waals surface area (Å²) in [5.41, 5.74) is 0.976. The number of ether oxygens (including phenoxy) is 3. The molecule has 43 heavy (non-hydrogen) atoms. The first-order chi connectivity index (χ1) is 20.9. The number of carboxylic acid groups (broad SMARTS) is 1. The first-order valence-electron chi connectivity index (χ1n) is 14.1. The molecule has 3 atom stereocenters. The van der Waals surface area contributed by atoms with Gasteiger partial charge in [-0.1, -0.05) is 0 Å². The molecule has 2 fully saturated rings. The fourth-order valence-electron chi connectivity index (χ4n) is 5.37. The molecule has 1 unspecified atom stereocenters. The summed E-state index contributed by atoms with van der Waals surface area (Å²) in [6, 6.07) is 9.62. The smallest absolute Gasteiger partial charge is 0.335 e. The van der Waals surface area contributed by atoms with Gasteiger partial charge in [0.05, 0.1) is 35.8 Å². The number of nitrogens with zero attached hydrogens (tertiary/aromatic N) is 7. The molecule has 13 heteroatoms. The minimum absolute atomic E-state index is 0.00668. The van der Waals surface area contributed by atoms with Crippen LogP contribution < -0.4 is 9.47 Å². The Morgan fingerprint density at radius 2 is 2.07 bits per heavy atom. The number of rotatable bonds is 10. The molecule has 5 heterocycles. The lowest BCUT2D eigenvalue weighted by Gasteiger charge is -2.37. The SMILES string of the molecule is C[C@H]1C[C@@H](Oc2ccnc(COc3ccc(C#N)cn3)n2)CCN1Cc1nc2c(F)cc(C(=O)O)cc2n1CC1CCO1. The normalized spacial score (nSPS) is 20.3. The van der Waals surface area contributed by atoms with E-state index in [4.69, 9.17) is 19.5 Å². The van der Waals surface area contributed by atoms with Gasteiger partial charge in [0, 0.05) is 43.7 Å². The second kappa shape index (κ2) is 12.3. The van der Waals surface area contributed by atoms with Crippen molar-refractivity contribution < 1.29 is 28.5 Å². The molecule has 4 aromatic rings. The van der Waals surface area contributed by atoms with Crippen LogP contribution in [0.5, 0.6) is 11.8 Å². The molecule has 0 spiro atoms. The number of likely N-dealkylation sites (tertiary alicyclic amines) is 1. The summed E-state index contributed by atoms with van der Waals surface area (Å²) in [6.07, 6.45) is 5.38. The summed E-state index contributed by atoms with van der Waals surface area (Å²) < 4.78 is 34.3. The van der Waals surface area contributed by atoms with E-state index in [-0.39, 0.29) is 35.9 Å². The highest BCUT2D eigenvalue weighted by Gasteiger charge is 2.30. The number of carboxylic acids is 1. The summed E-state index contributed by atoms with van der Waals surface area (Å²) in [7, 11) is 0. The molecular weight excluding hydrogens is 557 g/mol. The van der Waals surface area contributed by atoms with Crippen molar-refractivity contribution in [2.45, 2.75) is 64.1 Å². The largest absolute Gasteiger partial charge is 0.478 e. The van der Waals surface area contributed by atoms with Crippen molar-refractivity contribution in [3.05, 3.63) is 71.3 Å². The van der Waals surface area contributed by atoms with E-state index in [1.807, 2.05) is 10.6 Å². The molecule has 1 aromatic carbocycles. The Morgan fingerprint density at radius 3 is 2.77 bits per heavy atom. The Hall–Kier alpha value is -4.67. The molecular formula is C30H30FN7O5. The number of fused-ring (bicyclic) bond motifs is 1. The van der Waals surface area contributed by atoms with Crippen molar-refractivity contribution in [2.24, 2.45) is 0 Å². The average molecular weight is 588 g/mol. The number of nitriles is 1. The lowest BCUT2D eigenvalue weighted by molar-refractivity contribution is -0.0593. The fourth-order valence-corrected chi connectivity index (χ4v) is 5.37. The standard InChI is InChI=1S/C30H30FN7O5/c1-18-10-21(43-28-4-7-33-25(35-28)17-42-27-3-2-19(13-32)14-34-27)5-8-37(18)16-26-36-29-23(31)11-20(30(39)40)12-24(29)38(26)15-22-6-9-41-22/h2-4,7,11-12,14,18,21-22H,5-6,8-10,15-17H2,1H3,(H,39,40)/t18-,21-,22?/m0/s1. The van der Waals surface area contributed by atoms with E-state index in [1.165, 1.54) is 12.3 Å². The second-order valence-corrected chi connectivity index (χ2v) is 10.7. The Morgan fingerprint density at radius 1 is 1.21 bits per heavy atom. The molecule has 1 N–H and O–H groups in total. The van der Waals surface area contributed by atoms with E-state index in [1.54, 1.807) is 24.4 Å². The second-order valence-electron chi connectivity index (χ2n) is 10.7. The van der Waals surface area contributed by atoms with Crippen molar-refractivity contribution >= 4 is 17.0 Å². The zero-order valence-electron chi connectivity index (χ0n) is 23.5. The molecule has 0 saturated carbocycles. The predicted octanol–water partition coefficient (Wildman–Crippen LogP) is 3.73. The zero-order valence-corrected chi connectivity index (χ0v) is 23.5. The molecule has 2 aliphatic rings. The Bertz CT molecular complexity index is 1670. The van der Waals surface area contributed by atoms with Gasteiger partial charge in [0.25, 0.3) is 0 Å². The average Bonchev–Trinajstić information content (AvgIpc) is 3.33. The third-order valence-corrected chi connectivity index (χ3v) is 7.81. The minimum Gasteiger partial charge on any atom is -0.478 e. The molecule has 0 aliphatic carbocycles. The van der Waals surface area contributed by atoms with Crippen LogP contribution >= 0.6 is 0 Å². The van der Waals surface area contributed by atoms with E-state index < -0.39 is 11.8 Å². The van der Waals surface area contributed by atoms with Crippen molar-refractivity contribution in [3.63, 3.8) is 0 Å². The van der Waals surface area contributed by atoms with Crippen LogP contribution in [0.25, 0.3) is 11.0 Å². The van der Waals surface area contributed by atoms with Gasteiger partial charge >= 0.3 is 5.97 Å². The van der Waals surface area contributed by atoms with Crippen molar-refractivity contribution in [1.82, 2.24) is 29.4 Å². The summed E-state index contributed by atoms with van der Waals surface area (Å²) in [5.74, 6) is 0.120. The molecule has 0 radical (unpaired) electrons. The number of aromatic carboxylic acids is 1. The molecule has 2 aliphatic heterocycles. The molecule has 0 bridgehead atoms. The number of halogens is 1. The summed E-state index contributed by atoms with van der Waals surface area (Å²) >= 11 is 0. The minimum atomic E-state index is -1.18. The lowest BCUT2D eigenvalue weighted by Crippen LogP contribution is -2.44. The molecule has 3 aromatic heterocycles. The fraction of sp³-hybridized carbons (Fsp3) is 0.400. The van der Waals surface area contributed by atoms with Gasteiger partial charge in [-0.05, 0) is 44.4 Å². The van der Waals surface area contributed by atoms with Crippen LogP contribution in [0.15, 0.2) is 42.7 Å². The number of carbonyl (C=O) groups is 1. The first kappa shape index (κ1) is 28.4. The van der Waals surface area contributed by atoms with Crippen LogP contribution in [0.1, 0.15) is 53.8 Å². The highest BCUT2D eigenvalue weighted by Crippen LogP contribution is 2.28. The highest BCUT2D eigenvalue weighted by atomic mass is 19.1. The van der Waals surface area contributed by atoms with E-state index in [0.717, 1.165) is 31.9 Å². The highest BCUT2D eigenvalue weighted by molar-refractivity contribution is 5.92. The van der Waals surface area contributed by atoms with Gasteiger partial charge in [0.1, 0.15) is 30.1 Å². The molecule has 6 rings (SSSR count). The zero-order chi connectivity index (χ0) is 29.9. The Balaban J connectivity index is 1.10. The van der Waals surface area contributed by atoms with Gasteiger partial charge in [-0.2, -0.15) is 10.2 Å². The van der Waals surface area contributed by atoms with Crippen molar-refractivity contribution in [2.75, 3.05) is 13.2 Å². The van der Waals surface area contributed by atoms with Crippen LogP contribution in [0, 0.1) is 17.1 Å². The molecule has 222 valence electrons. The number of hydrogen-bond donors (Lipinski definition) is 1. The summed E-state index contributed by atoms with van der Waals surface area (Å²) in [5, 5.41) is 18.4. The number of benzene rings is 1. The van der Waals surface area contributed by atoms with E-state index in [9.17, 15) is 14.3 Å². The van der Waals surface area contributed by atoms with Crippen LogP contribution in [0.3, 0.4) is 0 Å². The van der Waals surface area contributed by atoms with Crippen LogP contribution in [0.2, 0.25) is 0 Å². The molecule has 0 amide bonds. The maximum absolute atomic E-state index is 14.9. The predicted molar refractivity (Wildman–Crippen MR) is 150 cm³/mol. The number of hydrogen-bond acceptors (Lipinski definition) is 10. The number of aromatic nitrogens is 5. The third kappa shape index (κ3) is 6.40. The van der Waals surface area contributed by atoms with Crippen LogP contribution in [0.4, 0.5) is 4.39 Å². The van der Waals surface area contributed by atoms with Crippen LogP contribution in [-0.4, -0.2) is 71.9 Å². The number of imidazole rings is 1. The monoisotopic (exact) mass is 587 g/mol. The van der Waals surface area contributed by atoms with E-state index in [2.05, 4.69) is 31.8 Å². The summed E-state index contributed by atoms with van der Waals surface area (Å²) in [6.45, 7) is 4.60. The maximum atomic E-state index is 14.9. The first-order valence-corrected chi connectivity index (χ1v) is 14.1. The maximum Gasteiger partial charge on any atom is 0.335 e. The van der Waals surface area contributed by atoms with E-state index >= 15 is 0 Å². The van der Waals surface area contributed by atoms with Gasteiger partial charge in [0.2, 0.25) is 11.8 Å².